The number of nitrogens with zero attached hydrogens (tertiary/aromatic N) is 1. The highest BCUT2D eigenvalue weighted by Gasteiger charge is 2.35. The molecular weight excluding hydrogens is 222 g/mol. The molecule has 0 unspecified atom stereocenters. The van der Waals surface area contributed by atoms with E-state index in [1.807, 2.05) is 6.07 Å². The van der Waals surface area contributed by atoms with Crippen molar-refractivity contribution in [2.24, 2.45) is 10.4 Å². The minimum absolute atomic E-state index is 0.470. The molecule has 3 nitrogen and oxygen atoms in total. The molecular formula is C15H21N3. The first-order chi connectivity index (χ1) is 8.86. The fraction of sp³-hybridized carbons (Fsp3) is 0.533. The van der Waals surface area contributed by atoms with E-state index < -0.39 is 0 Å². The lowest BCUT2D eigenvalue weighted by atomic mass is 9.85. The predicted octanol–water partition coefficient (Wildman–Crippen LogP) is 2.30. The van der Waals surface area contributed by atoms with E-state index in [9.17, 15) is 0 Å². The van der Waals surface area contributed by atoms with Crippen molar-refractivity contribution in [2.45, 2.75) is 32.2 Å². The van der Waals surface area contributed by atoms with E-state index in [4.69, 9.17) is 0 Å². The summed E-state index contributed by atoms with van der Waals surface area (Å²) in [6, 6.07) is 10.5. The van der Waals surface area contributed by atoms with Crippen LogP contribution in [0.2, 0.25) is 0 Å². The summed E-state index contributed by atoms with van der Waals surface area (Å²) in [6.45, 7) is 2.93. The monoisotopic (exact) mass is 243 g/mol. The average Bonchev–Trinajstić information content (AvgIpc) is 2.88. The summed E-state index contributed by atoms with van der Waals surface area (Å²) in [4.78, 5) is 4.67. The van der Waals surface area contributed by atoms with Crippen LogP contribution >= 0.6 is 0 Å². The predicted molar refractivity (Wildman–Crippen MR) is 74.5 cm³/mol. The number of hydrogen-bond acceptors (Lipinski definition) is 3. The topological polar surface area (TPSA) is 36.4 Å². The first-order valence-corrected chi connectivity index (χ1v) is 6.93. The maximum absolute atomic E-state index is 4.67. The standard InChI is InChI=1S/C15H21N3/c1-2-6-13(7-3-1)10-16-14-17-11-15(12-18-14)8-4-5-9-15/h1-3,6-7H,4-5,8-12H2,(H2,16,17,18). The molecule has 0 saturated heterocycles. The Labute approximate surface area is 109 Å². The summed E-state index contributed by atoms with van der Waals surface area (Å²) >= 11 is 0. The molecule has 3 rings (SSSR count). The van der Waals surface area contributed by atoms with Gasteiger partial charge in [-0.2, -0.15) is 0 Å². The van der Waals surface area contributed by atoms with E-state index in [0.717, 1.165) is 25.6 Å². The van der Waals surface area contributed by atoms with Gasteiger partial charge in [0.1, 0.15) is 0 Å². The van der Waals surface area contributed by atoms with Crippen molar-refractivity contribution in [3.8, 4) is 0 Å². The normalized spacial score (nSPS) is 21.4. The van der Waals surface area contributed by atoms with Gasteiger partial charge in [-0.1, -0.05) is 43.2 Å². The molecule has 0 bridgehead atoms. The molecule has 2 N–H and O–H groups in total. The van der Waals surface area contributed by atoms with Crippen LogP contribution in [0.15, 0.2) is 35.3 Å². The van der Waals surface area contributed by atoms with Crippen molar-refractivity contribution in [1.82, 2.24) is 10.6 Å². The third-order valence-corrected chi connectivity index (χ3v) is 4.17. The lowest BCUT2D eigenvalue weighted by Crippen LogP contribution is -2.48. The number of hydrogen-bond donors (Lipinski definition) is 2. The summed E-state index contributed by atoms with van der Waals surface area (Å²) in [5.74, 6) is 0.969. The third kappa shape index (κ3) is 2.50. The van der Waals surface area contributed by atoms with Crippen molar-refractivity contribution >= 4 is 5.96 Å². The van der Waals surface area contributed by atoms with Crippen LogP contribution < -0.4 is 10.6 Å². The molecule has 1 aliphatic heterocycles. The maximum Gasteiger partial charge on any atom is 0.191 e. The molecule has 1 spiro atoms. The van der Waals surface area contributed by atoms with E-state index >= 15 is 0 Å². The molecule has 1 aliphatic carbocycles. The van der Waals surface area contributed by atoms with Crippen LogP contribution in [0.1, 0.15) is 31.2 Å². The van der Waals surface area contributed by atoms with Gasteiger partial charge in [0.2, 0.25) is 0 Å². The Balaban J connectivity index is 1.54. The van der Waals surface area contributed by atoms with E-state index in [1.54, 1.807) is 0 Å². The van der Waals surface area contributed by atoms with Crippen LogP contribution in [0.3, 0.4) is 0 Å². The quantitative estimate of drug-likeness (QED) is 0.836. The smallest absolute Gasteiger partial charge is 0.191 e. The first kappa shape index (κ1) is 11.6. The molecule has 1 aromatic carbocycles. The Hall–Kier alpha value is -1.51. The van der Waals surface area contributed by atoms with E-state index in [-0.39, 0.29) is 0 Å². The Morgan fingerprint density at radius 1 is 1.17 bits per heavy atom. The third-order valence-electron chi connectivity index (χ3n) is 4.17. The zero-order chi connectivity index (χ0) is 12.3. The largest absolute Gasteiger partial charge is 0.356 e. The second-order valence-electron chi connectivity index (χ2n) is 5.56. The van der Waals surface area contributed by atoms with Crippen LogP contribution in [-0.2, 0) is 6.54 Å². The average molecular weight is 243 g/mol. The van der Waals surface area contributed by atoms with Gasteiger partial charge in [0.15, 0.2) is 5.96 Å². The molecule has 1 saturated carbocycles. The summed E-state index contributed by atoms with van der Waals surface area (Å²) < 4.78 is 0. The number of guanidine groups is 1. The molecule has 1 fully saturated rings. The molecule has 0 aromatic heterocycles. The first-order valence-electron chi connectivity index (χ1n) is 6.93. The van der Waals surface area contributed by atoms with Gasteiger partial charge in [-0.05, 0) is 18.4 Å². The van der Waals surface area contributed by atoms with Gasteiger partial charge in [0.25, 0.3) is 0 Å². The van der Waals surface area contributed by atoms with Crippen LogP contribution in [0, 0.1) is 5.41 Å². The zero-order valence-corrected chi connectivity index (χ0v) is 10.8. The van der Waals surface area contributed by atoms with Gasteiger partial charge in [-0.25, -0.2) is 0 Å². The van der Waals surface area contributed by atoms with E-state index in [2.05, 4.69) is 39.9 Å². The van der Waals surface area contributed by atoms with E-state index in [0.29, 0.717) is 5.41 Å². The van der Waals surface area contributed by atoms with Crippen molar-refractivity contribution in [2.75, 3.05) is 13.1 Å². The van der Waals surface area contributed by atoms with E-state index in [1.165, 1.54) is 31.2 Å². The molecule has 0 atom stereocenters. The van der Waals surface area contributed by atoms with Crippen molar-refractivity contribution in [1.29, 1.82) is 0 Å². The second-order valence-corrected chi connectivity index (χ2v) is 5.56. The second kappa shape index (κ2) is 5.01. The van der Waals surface area contributed by atoms with Crippen molar-refractivity contribution in [3.63, 3.8) is 0 Å². The number of benzene rings is 1. The minimum atomic E-state index is 0.470. The molecule has 1 heterocycles. The Bertz CT molecular complexity index is 419. The Kier molecular flexibility index (Phi) is 3.22. The van der Waals surface area contributed by atoms with Crippen molar-refractivity contribution in [3.05, 3.63) is 35.9 Å². The SMILES string of the molecule is c1ccc(CNC2=NCC3(CCCC3)CN2)cc1. The highest BCUT2D eigenvalue weighted by Crippen LogP contribution is 2.38. The highest BCUT2D eigenvalue weighted by atomic mass is 15.2. The van der Waals surface area contributed by atoms with Crippen LogP contribution in [0.5, 0.6) is 0 Å². The lowest BCUT2D eigenvalue weighted by molar-refractivity contribution is 0.294. The Morgan fingerprint density at radius 3 is 2.61 bits per heavy atom. The number of nitrogens with one attached hydrogen (secondary N) is 2. The zero-order valence-electron chi connectivity index (χ0n) is 10.8. The molecule has 3 heteroatoms. The fourth-order valence-electron chi connectivity index (χ4n) is 2.99. The Morgan fingerprint density at radius 2 is 1.94 bits per heavy atom. The van der Waals surface area contributed by atoms with Crippen molar-refractivity contribution < 1.29 is 0 Å². The number of aliphatic imine (C=N–C) groups is 1. The van der Waals surface area contributed by atoms with Gasteiger partial charge >= 0.3 is 0 Å². The highest BCUT2D eigenvalue weighted by molar-refractivity contribution is 5.80. The lowest BCUT2D eigenvalue weighted by Gasteiger charge is -2.32. The molecule has 0 amide bonds. The minimum Gasteiger partial charge on any atom is -0.356 e. The van der Waals surface area contributed by atoms with Gasteiger partial charge in [0, 0.05) is 18.5 Å². The fourth-order valence-corrected chi connectivity index (χ4v) is 2.99. The van der Waals surface area contributed by atoms with Crippen LogP contribution in [0.4, 0.5) is 0 Å². The molecule has 96 valence electrons. The maximum atomic E-state index is 4.67. The molecule has 0 radical (unpaired) electrons. The van der Waals surface area contributed by atoms with Gasteiger partial charge < -0.3 is 10.6 Å². The summed E-state index contributed by atoms with van der Waals surface area (Å²) in [5.41, 5.74) is 1.76. The van der Waals surface area contributed by atoms with Gasteiger partial charge in [-0.15, -0.1) is 0 Å². The molecule has 1 aromatic rings. The van der Waals surface area contributed by atoms with Crippen LogP contribution in [0.25, 0.3) is 0 Å². The summed E-state index contributed by atoms with van der Waals surface area (Å²) in [5, 5.41) is 6.84. The summed E-state index contributed by atoms with van der Waals surface area (Å²) in [6.07, 6.45) is 5.44. The van der Waals surface area contributed by atoms with Gasteiger partial charge in [0.05, 0.1) is 6.54 Å². The van der Waals surface area contributed by atoms with Crippen LogP contribution in [-0.4, -0.2) is 19.0 Å². The number of rotatable bonds is 2. The van der Waals surface area contributed by atoms with Gasteiger partial charge in [-0.3, -0.25) is 4.99 Å². The summed E-state index contributed by atoms with van der Waals surface area (Å²) in [7, 11) is 0. The molecule has 18 heavy (non-hydrogen) atoms. The molecule has 2 aliphatic rings.